The molecule has 0 aliphatic carbocycles. The van der Waals surface area contributed by atoms with Crippen LogP contribution in [0.1, 0.15) is 25.5 Å². The SMILES string of the molecule is CCOC(=O)C1=C(C)N(c2ccccc2)C(=O)NC1c1ccccc1. The lowest BCUT2D eigenvalue weighted by atomic mass is 9.94. The van der Waals surface area contributed by atoms with Crippen molar-refractivity contribution >= 4 is 17.7 Å². The summed E-state index contributed by atoms with van der Waals surface area (Å²) in [5, 5.41) is 2.93. The highest BCUT2D eigenvalue weighted by Crippen LogP contribution is 2.33. The first-order valence-electron chi connectivity index (χ1n) is 8.22. The maximum absolute atomic E-state index is 12.7. The van der Waals surface area contributed by atoms with E-state index in [0.29, 0.717) is 17.0 Å². The van der Waals surface area contributed by atoms with E-state index >= 15 is 0 Å². The van der Waals surface area contributed by atoms with E-state index in [1.165, 1.54) is 4.90 Å². The molecule has 0 aromatic heterocycles. The molecule has 1 heterocycles. The molecular formula is C20H20N2O3. The quantitative estimate of drug-likeness (QED) is 0.864. The van der Waals surface area contributed by atoms with Gasteiger partial charge in [-0.3, -0.25) is 4.90 Å². The van der Waals surface area contributed by atoms with Crippen LogP contribution >= 0.6 is 0 Å². The third-order valence-corrected chi connectivity index (χ3v) is 4.13. The summed E-state index contributed by atoms with van der Waals surface area (Å²) in [7, 11) is 0. The predicted octanol–water partition coefficient (Wildman–Crippen LogP) is 3.79. The Labute approximate surface area is 146 Å². The molecule has 2 aromatic rings. The normalized spacial score (nSPS) is 17.3. The smallest absolute Gasteiger partial charge is 0.338 e. The van der Waals surface area contributed by atoms with Gasteiger partial charge in [-0.15, -0.1) is 0 Å². The Hall–Kier alpha value is -3.08. The molecule has 2 amide bonds. The van der Waals surface area contributed by atoms with Gasteiger partial charge in [0.05, 0.1) is 23.9 Å². The lowest BCUT2D eigenvalue weighted by Gasteiger charge is -2.35. The van der Waals surface area contributed by atoms with Crippen LogP contribution in [0.3, 0.4) is 0 Å². The van der Waals surface area contributed by atoms with Crippen LogP contribution in [-0.2, 0) is 9.53 Å². The molecule has 5 nitrogen and oxygen atoms in total. The summed E-state index contributed by atoms with van der Waals surface area (Å²) >= 11 is 0. The molecule has 128 valence electrons. The Bertz CT molecular complexity index is 800. The fraction of sp³-hybridized carbons (Fsp3) is 0.200. The van der Waals surface area contributed by atoms with Crippen LogP contribution in [0.15, 0.2) is 71.9 Å². The number of nitrogens with one attached hydrogen (secondary N) is 1. The topological polar surface area (TPSA) is 58.6 Å². The Morgan fingerprint density at radius 2 is 1.68 bits per heavy atom. The van der Waals surface area contributed by atoms with Crippen molar-refractivity contribution in [2.24, 2.45) is 0 Å². The number of allylic oxidation sites excluding steroid dienone is 1. The van der Waals surface area contributed by atoms with Crippen molar-refractivity contribution in [1.82, 2.24) is 5.32 Å². The third kappa shape index (κ3) is 3.26. The number of para-hydroxylation sites is 1. The molecule has 1 aliphatic rings. The van der Waals surface area contributed by atoms with Gasteiger partial charge in [-0.25, -0.2) is 9.59 Å². The Kier molecular flexibility index (Phi) is 4.84. The maximum Gasteiger partial charge on any atom is 0.338 e. The summed E-state index contributed by atoms with van der Waals surface area (Å²) in [5.41, 5.74) is 2.55. The molecule has 5 heteroatoms. The Balaban J connectivity index is 2.12. The zero-order valence-corrected chi connectivity index (χ0v) is 14.2. The van der Waals surface area contributed by atoms with Crippen molar-refractivity contribution in [3.63, 3.8) is 0 Å². The van der Waals surface area contributed by atoms with Gasteiger partial charge in [0.1, 0.15) is 0 Å². The fourth-order valence-corrected chi connectivity index (χ4v) is 3.00. The molecule has 0 saturated heterocycles. The molecule has 25 heavy (non-hydrogen) atoms. The zero-order valence-electron chi connectivity index (χ0n) is 14.2. The van der Waals surface area contributed by atoms with E-state index < -0.39 is 12.0 Å². The van der Waals surface area contributed by atoms with Crippen LogP contribution in [0, 0.1) is 0 Å². The number of esters is 1. The lowest BCUT2D eigenvalue weighted by molar-refractivity contribution is -0.139. The largest absolute Gasteiger partial charge is 0.463 e. The zero-order chi connectivity index (χ0) is 17.8. The minimum atomic E-state index is -0.535. The molecule has 3 rings (SSSR count). The lowest BCUT2D eigenvalue weighted by Crippen LogP contribution is -2.48. The Morgan fingerprint density at radius 3 is 2.28 bits per heavy atom. The number of nitrogens with zero attached hydrogens (tertiary/aromatic N) is 1. The first-order valence-corrected chi connectivity index (χ1v) is 8.22. The van der Waals surface area contributed by atoms with Crippen LogP contribution in [-0.4, -0.2) is 18.6 Å². The highest BCUT2D eigenvalue weighted by molar-refractivity contribution is 6.03. The van der Waals surface area contributed by atoms with Crippen molar-refractivity contribution in [3.05, 3.63) is 77.5 Å². The second-order valence-corrected chi connectivity index (χ2v) is 5.68. The number of amides is 2. The molecule has 1 aliphatic heterocycles. The Morgan fingerprint density at radius 1 is 1.08 bits per heavy atom. The molecule has 0 saturated carbocycles. The molecule has 1 N–H and O–H groups in total. The highest BCUT2D eigenvalue weighted by Gasteiger charge is 2.36. The summed E-state index contributed by atoms with van der Waals surface area (Å²) in [6, 6.07) is 17.8. The van der Waals surface area contributed by atoms with Crippen molar-refractivity contribution in [1.29, 1.82) is 0 Å². The number of rotatable bonds is 4. The summed E-state index contributed by atoms with van der Waals surface area (Å²) < 4.78 is 5.25. The summed E-state index contributed by atoms with van der Waals surface area (Å²) in [6.45, 7) is 3.81. The van der Waals surface area contributed by atoms with E-state index in [0.717, 1.165) is 5.56 Å². The van der Waals surface area contributed by atoms with Crippen molar-refractivity contribution in [2.75, 3.05) is 11.5 Å². The summed E-state index contributed by atoms with van der Waals surface area (Å²) in [6.07, 6.45) is 0. The van der Waals surface area contributed by atoms with Crippen molar-refractivity contribution in [3.8, 4) is 0 Å². The van der Waals surface area contributed by atoms with Crippen LogP contribution in [0.25, 0.3) is 0 Å². The van der Waals surface area contributed by atoms with Crippen LogP contribution < -0.4 is 10.2 Å². The highest BCUT2D eigenvalue weighted by atomic mass is 16.5. The van der Waals surface area contributed by atoms with E-state index in [1.807, 2.05) is 60.7 Å². The molecule has 2 aromatic carbocycles. The molecule has 0 spiro atoms. The van der Waals surface area contributed by atoms with Crippen molar-refractivity contribution in [2.45, 2.75) is 19.9 Å². The minimum Gasteiger partial charge on any atom is -0.463 e. The molecule has 1 unspecified atom stereocenters. The minimum absolute atomic E-state index is 0.273. The van der Waals surface area contributed by atoms with Gasteiger partial charge in [0.15, 0.2) is 0 Å². The number of ether oxygens (including phenoxy) is 1. The number of benzene rings is 2. The van der Waals surface area contributed by atoms with E-state index in [-0.39, 0.29) is 12.6 Å². The van der Waals surface area contributed by atoms with Gasteiger partial charge in [-0.05, 0) is 31.5 Å². The van der Waals surface area contributed by atoms with Crippen LogP contribution in [0.2, 0.25) is 0 Å². The number of carbonyl (C=O) groups excluding carboxylic acids is 2. The fourth-order valence-electron chi connectivity index (χ4n) is 3.00. The maximum atomic E-state index is 12.7. The number of urea groups is 1. The van der Waals surface area contributed by atoms with Gasteiger partial charge in [0, 0.05) is 5.70 Å². The van der Waals surface area contributed by atoms with E-state index in [9.17, 15) is 9.59 Å². The average molecular weight is 336 g/mol. The second-order valence-electron chi connectivity index (χ2n) is 5.68. The molecule has 0 fully saturated rings. The summed E-state index contributed by atoms with van der Waals surface area (Å²) in [5.74, 6) is -0.421. The third-order valence-electron chi connectivity index (χ3n) is 4.13. The van der Waals surface area contributed by atoms with Gasteiger partial charge in [-0.2, -0.15) is 0 Å². The molecule has 0 bridgehead atoms. The number of hydrogen-bond donors (Lipinski definition) is 1. The number of carbonyl (C=O) groups is 2. The predicted molar refractivity (Wildman–Crippen MR) is 96.0 cm³/mol. The van der Waals surface area contributed by atoms with Crippen LogP contribution in [0.4, 0.5) is 10.5 Å². The van der Waals surface area contributed by atoms with Gasteiger partial charge >= 0.3 is 12.0 Å². The monoisotopic (exact) mass is 336 g/mol. The van der Waals surface area contributed by atoms with E-state index in [4.69, 9.17) is 4.74 Å². The van der Waals surface area contributed by atoms with Crippen molar-refractivity contribution < 1.29 is 14.3 Å². The molecule has 0 radical (unpaired) electrons. The summed E-state index contributed by atoms with van der Waals surface area (Å²) in [4.78, 5) is 26.9. The van der Waals surface area contributed by atoms with Crippen LogP contribution in [0.5, 0.6) is 0 Å². The van der Waals surface area contributed by atoms with Gasteiger partial charge in [0.2, 0.25) is 0 Å². The number of anilines is 1. The average Bonchev–Trinajstić information content (AvgIpc) is 2.63. The first-order chi connectivity index (χ1) is 12.1. The van der Waals surface area contributed by atoms with Gasteiger partial charge < -0.3 is 10.1 Å². The molecule has 1 atom stereocenters. The standard InChI is InChI=1S/C20H20N2O3/c1-3-25-19(23)17-14(2)22(16-12-8-5-9-13-16)20(24)21-18(17)15-10-6-4-7-11-15/h4-13,18H,3H2,1-2H3,(H,21,24). The first kappa shape index (κ1) is 16.8. The van der Waals surface area contributed by atoms with Gasteiger partial charge in [0.25, 0.3) is 0 Å². The molecular weight excluding hydrogens is 316 g/mol. The van der Waals surface area contributed by atoms with Gasteiger partial charge in [-0.1, -0.05) is 48.5 Å². The second kappa shape index (κ2) is 7.21. The van der Waals surface area contributed by atoms with E-state index in [2.05, 4.69) is 5.32 Å². The van der Waals surface area contributed by atoms with E-state index in [1.54, 1.807) is 13.8 Å². The number of hydrogen-bond acceptors (Lipinski definition) is 3.